The molecular weight excluding hydrogens is 336 g/mol. The molecule has 0 aliphatic rings. The fraction of sp³-hybridized carbons (Fsp3) is 0.273. The van der Waals surface area contributed by atoms with E-state index in [9.17, 15) is 10.1 Å². The molecule has 5 heteroatoms. The van der Waals surface area contributed by atoms with Crippen LogP contribution in [0.4, 0.5) is 11.4 Å². The maximum Gasteiger partial charge on any atom is 0.263 e. The predicted octanol–water partition coefficient (Wildman–Crippen LogP) is 3.71. The minimum atomic E-state index is -0.374. The van der Waals surface area contributed by atoms with Crippen molar-refractivity contribution in [1.29, 1.82) is 5.26 Å². The number of nitriles is 1. The zero-order valence-corrected chi connectivity index (χ0v) is 15.9. The maximum atomic E-state index is 12.2. The molecule has 0 aliphatic heterocycles. The lowest BCUT2D eigenvalue weighted by molar-refractivity contribution is -0.117. The third kappa shape index (κ3) is 6.19. The average Bonchev–Trinajstić information content (AvgIpc) is 2.71. The SMILES string of the molecule is CCN(CC)c1ccc(N/C=C(/C#N)C(=O)NCCc2ccccc2)cc1. The van der Waals surface area contributed by atoms with Crippen LogP contribution in [-0.2, 0) is 11.2 Å². The number of carbonyl (C=O) groups excluding carboxylic acids is 1. The summed E-state index contributed by atoms with van der Waals surface area (Å²) >= 11 is 0. The van der Waals surface area contributed by atoms with Crippen molar-refractivity contribution < 1.29 is 4.79 Å². The van der Waals surface area contributed by atoms with E-state index in [0.717, 1.165) is 36.4 Å². The summed E-state index contributed by atoms with van der Waals surface area (Å²) in [5, 5.41) is 15.1. The summed E-state index contributed by atoms with van der Waals surface area (Å²) in [5.74, 6) is -0.374. The summed E-state index contributed by atoms with van der Waals surface area (Å²) in [6.07, 6.45) is 2.18. The lowest BCUT2D eigenvalue weighted by Gasteiger charge is -2.21. The number of carbonyl (C=O) groups is 1. The van der Waals surface area contributed by atoms with Crippen LogP contribution >= 0.6 is 0 Å². The van der Waals surface area contributed by atoms with Crippen molar-refractivity contribution in [3.63, 3.8) is 0 Å². The first-order chi connectivity index (χ1) is 13.2. The van der Waals surface area contributed by atoms with E-state index < -0.39 is 0 Å². The molecule has 0 saturated carbocycles. The quantitative estimate of drug-likeness (QED) is 0.527. The molecule has 0 bridgehead atoms. The van der Waals surface area contributed by atoms with E-state index in [1.165, 1.54) is 6.20 Å². The summed E-state index contributed by atoms with van der Waals surface area (Å²) in [6.45, 7) is 6.62. The van der Waals surface area contributed by atoms with Gasteiger partial charge < -0.3 is 15.5 Å². The molecule has 2 N–H and O–H groups in total. The molecule has 2 aromatic rings. The zero-order valence-electron chi connectivity index (χ0n) is 15.9. The van der Waals surface area contributed by atoms with Crippen molar-refractivity contribution in [2.45, 2.75) is 20.3 Å². The van der Waals surface area contributed by atoms with Gasteiger partial charge in [0.1, 0.15) is 11.6 Å². The first-order valence-corrected chi connectivity index (χ1v) is 9.21. The van der Waals surface area contributed by atoms with Gasteiger partial charge in [0, 0.05) is 37.2 Å². The molecule has 5 nitrogen and oxygen atoms in total. The first-order valence-electron chi connectivity index (χ1n) is 9.21. The smallest absolute Gasteiger partial charge is 0.263 e. The van der Waals surface area contributed by atoms with Gasteiger partial charge in [-0.3, -0.25) is 4.79 Å². The van der Waals surface area contributed by atoms with Gasteiger partial charge in [-0.1, -0.05) is 30.3 Å². The molecular formula is C22H26N4O. The number of benzene rings is 2. The van der Waals surface area contributed by atoms with Gasteiger partial charge in [0.05, 0.1) is 0 Å². The maximum absolute atomic E-state index is 12.2. The summed E-state index contributed by atoms with van der Waals surface area (Å²) in [5.41, 5.74) is 3.17. The molecule has 0 radical (unpaired) electrons. The summed E-state index contributed by atoms with van der Waals surface area (Å²) in [7, 11) is 0. The van der Waals surface area contributed by atoms with Crippen LogP contribution < -0.4 is 15.5 Å². The topological polar surface area (TPSA) is 68.2 Å². The highest BCUT2D eigenvalue weighted by molar-refractivity contribution is 5.97. The number of rotatable bonds is 9. The second-order valence-corrected chi connectivity index (χ2v) is 6.02. The fourth-order valence-corrected chi connectivity index (χ4v) is 2.72. The van der Waals surface area contributed by atoms with Crippen LogP contribution in [0.15, 0.2) is 66.4 Å². The van der Waals surface area contributed by atoms with Crippen LogP contribution in [0.25, 0.3) is 0 Å². The first kappa shape index (κ1) is 20.1. The Kier molecular flexibility index (Phi) is 7.92. The highest BCUT2D eigenvalue weighted by Crippen LogP contribution is 2.17. The van der Waals surface area contributed by atoms with Gasteiger partial charge in [0.2, 0.25) is 0 Å². The highest BCUT2D eigenvalue weighted by atomic mass is 16.1. The number of anilines is 2. The number of nitrogens with one attached hydrogen (secondary N) is 2. The minimum Gasteiger partial charge on any atom is -0.372 e. The Bertz CT molecular complexity index is 787. The van der Waals surface area contributed by atoms with Crippen molar-refractivity contribution in [1.82, 2.24) is 5.32 Å². The second-order valence-electron chi connectivity index (χ2n) is 6.02. The van der Waals surface area contributed by atoms with E-state index in [4.69, 9.17) is 0 Å². The summed E-state index contributed by atoms with van der Waals surface area (Å²) in [6, 6.07) is 19.8. The second kappa shape index (κ2) is 10.7. The number of amides is 1. The molecule has 0 aliphatic carbocycles. The normalized spacial score (nSPS) is 10.8. The minimum absolute atomic E-state index is 0.0517. The molecule has 0 fully saturated rings. The molecule has 0 saturated heterocycles. The number of hydrogen-bond donors (Lipinski definition) is 2. The molecule has 140 valence electrons. The lowest BCUT2D eigenvalue weighted by Crippen LogP contribution is -2.27. The van der Waals surface area contributed by atoms with Crippen molar-refractivity contribution in [2.24, 2.45) is 0 Å². The van der Waals surface area contributed by atoms with E-state index in [2.05, 4.69) is 29.4 Å². The van der Waals surface area contributed by atoms with E-state index in [-0.39, 0.29) is 11.5 Å². The standard InChI is InChI=1S/C22H26N4O/c1-3-26(4-2)21-12-10-20(11-13-21)25-17-19(16-23)22(27)24-15-14-18-8-6-5-7-9-18/h5-13,17,25H,3-4,14-15H2,1-2H3,(H,24,27)/b19-17-. The van der Waals surface area contributed by atoms with E-state index in [1.54, 1.807) is 0 Å². The van der Waals surface area contributed by atoms with Crippen LogP contribution in [0, 0.1) is 11.3 Å². The molecule has 1 amide bonds. The Hall–Kier alpha value is -3.26. The molecule has 0 unspecified atom stereocenters. The molecule has 0 atom stereocenters. The molecule has 27 heavy (non-hydrogen) atoms. The Labute approximate surface area is 161 Å². The Balaban J connectivity index is 1.89. The van der Waals surface area contributed by atoms with E-state index in [1.807, 2.05) is 60.7 Å². The van der Waals surface area contributed by atoms with Crippen molar-refractivity contribution in [3.05, 3.63) is 71.9 Å². The zero-order chi connectivity index (χ0) is 19.5. The van der Waals surface area contributed by atoms with Gasteiger partial charge in [-0.2, -0.15) is 5.26 Å². The van der Waals surface area contributed by atoms with Crippen LogP contribution in [-0.4, -0.2) is 25.5 Å². The van der Waals surface area contributed by atoms with Gasteiger partial charge >= 0.3 is 0 Å². The molecule has 2 aromatic carbocycles. The molecule has 0 aromatic heterocycles. The average molecular weight is 362 g/mol. The third-order valence-corrected chi connectivity index (χ3v) is 4.29. The molecule has 2 rings (SSSR count). The van der Waals surface area contributed by atoms with Crippen molar-refractivity contribution in [2.75, 3.05) is 29.9 Å². The monoisotopic (exact) mass is 362 g/mol. The predicted molar refractivity (Wildman–Crippen MR) is 110 cm³/mol. The van der Waals surface area contributed by atoms with Crippen LogP contribution in [0.2, 0.25) is 0 Å². The van der Waals surface area contributed by atoms with Gasteiger partial charge in [0.25, 0.3) is 5.91 Å². The summed E-state index contributed by atoms with van der Waals surface area (Å²) in [4.78, 5) is 14.4. The molecule has 0 spiro atoms. The van der Waals surface area contributed by atoms with Gasteiger partial charge in [0.15, 0.2) is 0 Å². The van der Waals surface area contributed by atoms with Gasteiger partial charge in [-0.15, -0.1) is 0 Å². The van der Waals surface area contributed by atoms with E-state index in [0.29, 0.717) is 6.54 Å². The van der Waals surface area contributed by atoms with Crippen molar-refractivity contribution in [3.8, 4) is 6.07 Å². The Morgan fingerprint density at radius 1 is 1.07 bits per heavy atom. The van der Waals surface area contributed by atoms with Gasteiger partial charge in [-0.05, 0) is 50.1 Å². The largest absolute Gasteiger partial charge is 0.372 e. The third-order valence-electron chi connectivity index (χ3n) is 4.29. The Morgan fingerprint density at radius 2 is 1.74 bits per heavy atom. The summed E-state index contributed by atoms with van der Waals surface area (Å²) < 4.78 is 0. The highest BCUT2D eigenvalue weighted by Gasteiger charge is 2.08. The van der Waals surface area contributed by atoms with Crippen LogP contribution in [0.3, 0.4) is 0 Å². The Morgan fingerprint density at radius 3 is 2.33 bits per heavy atom. The fourth-order valence-electron chi connectivity index (χ4n) is 2.72. The number of nitrogens with zero attached hydrogens (tertiary/aromatic N) is 2. The molecule has 0 heterocycles. The lowest BCUT2D eigenvalue weighted by atomic mass is 10.1. The van der Waals surface area contributed by atoms with E-state index >= 15 is 0 Å². The van der Waals surface area contributed by atoms with Crippen molar-refractivity contribution >= 4 is 17.3 Å². The van der Waals surface area contributed by atoms with Crippen LogP contribution in [0.5, 0.6) is 0 Å². The van der Waals surface area contributed by atoms with Crippen LogP contribution in [0.1, 0.15) is 19.4 Å². The number of hydrogen-bond acceptors (Lipinski definition) is 4. The van der Waals surface area contributed by atoms with Gasteiger partial charge in [-0.25, -0.2) is 0 Å².